The third-order valence-electron chi connectivity index (χ3n) is 2.78. The van der Waals surface area contributed by atoms with E-state index >= 15 is 0 Å². The van der Waals surface area contributed by atoms with Crippen molar-refractivity contribution in [2.75, 3.05) is 20.2 Å². The molecule has 0 saturated carbocycles. The molecule has 98 valence electrons. The molecule has 0 amide bonds. The van der Waals surface area contributed by atoms with Crippen molar-refractivity contribution in [2.24, 2.45) is 0 Å². The lowest BCUT2D eigenvalue weighted by molar-refractivity contribution is -0.385. The van der Waals surface area contributed by atoms with Gasteiger partial charge in [-0.1, -0.05) is 0 Å². The van der Waals surface area contributed by atoms with Crippen LogP contribution in [0, 0.1) is 10.1 Å². The van der Waals surface area contributed by atoms with Gasteiger partial charge in [-0.05, 0) is 6.07 Å². The van der Waals surface area contributed by atoms with E-state index < -0.39 is 10.8 Å². The first-order valence-electron chi connectivity index (χ1n) is 5.33. The maximum Gasteiger partial charge on any atom is 0.272 e. The van der Waals surface area contributed by atoms with E-state index in [2.05, 4.69) is 0 Å². The number of hydrogen-bond donors (Lipinski definition) is 0. The number of ether oxygens (including phenoxy) is 1. The second kappa shape index (κ2) is 4.49. The van der Waals surface area contributed by atoms with E-state index in [9.17, 15) is 18.9 Å². The summed E-state index contributed by atoms with van der Waals surface area (Å²) in [5, 5.41) is 10.7. The zero-order valence-corrected chi connectivity index (χ0v) is 9.73. The number of rotatable bonds is 4. The van der Waals surface area contributed by atoms with Crippen LogP contribution in [-0.4, -0.2) is 35.9 Å². The molecular formula is C11H12F2N2O3. The van der Waals surface area contributed by atoms with Crippen LogP contribution in [0.2, 0.25) is 0 Å². The Labute approximate surface area is 102 Å². The highest BCUT2D eigenvalue weighted by Crippen LogP contribution is 2.31. The molecule has 1 aromatic carbocycles. The smallest absolute Gasteiger partial charge is 0.272 e. The number of alkyl halides is 2. The molecule has 0 bridgehead atoms. The van der Waals surface area contributed by atoms with Gasteiger partial charge in [0.05, 0.1) is 25.1 Å². The van der Waals surface area contributed by atoms with E-state index in [4.69, 9.17) is 4.74 Å². The first kappa shape index (κ1) is 12.7. The summed E-state index contributed by atoms with van der Waals surface area (Å²) in [6, 6.07) is 4.16. The van der Waals surface area contributed by atoms with Crippen LogP contribution in [0.5, 0.6) is 5.75 Å². The Morgan fingerprint density at radius 1 is 1.50 bits per heavy atom. The summed E-state index contributed by atoms with van der Waals surface area (Å²) in [6.07, 6.45) is 0. The molecule has 1 aliphatic heterocycles. The Kier molecular flexibility index (Phi) is 3.16. The summed E-state index contributed by atoms with van der Waals surface area (Å²) in [6.45, 7) is -0.419. The molecule has 5 nitrogen and oxygen atoms in total. The summed E-state index contributed by atoms with van der Waals surface area (Å²) >= 11 is 0. The molecule has 7 heteroatoms. The van der Waals surface area contributed by atoms with Crippen LogP contribution < -0.4 is 4.74 Å². The van der Waals surface area contributed by atoms with Gasteiger partial charge in [-0.25, -0.2) is 8.78 Å². The zero-order chi connectivity index (χ0) is 13.3. The number of methoxy groups -OCH3 is 1. The van der Waals surface area contributed by atoms with E-state index in [0.717, 1.165) is 0 Å². The molecule has 0 spiro atoms. The highest BCUT2D eigenvalue weighted by Gasteiger charge is 2.43. The van der Waals surface area contributed by atoms with Gasteiger partial charge >= 0.3 is 0 Å². The van der Waals surface area contributed by atoms with Crippen molar-refractivity contribution in [3.63, 3.8) is 0 Å². The van der Waals surface area contributed by atoms with Crippen molar-refractivity contribution >= 4 is 5.69 Å². The largest absolute Gasteiger partial charge is 0.496 e. The second-order valence-electron chi connectivity index (χ2n) is 4.25. The highest BCUT2D eigenvalue weighted by molar-refractivity contribution is 5.43. The minimum absolute atomic E-state index is 0.0712. The van der Waals surface area contributed by atoms with Crippen molar-refractivity contribution in [2.45, 2.75) is 12.5 Å². The fraction of sp³-hybridized carbons (Fsp3) is 0.455. The Morgan fingerprint density at radius 2 is 2.17 bits per heavy atom. The van der Waals surface area contributed by atoms with Crippen molar-refractivity contribution < 1.29 is 18.4 Å². The van der Waals surface area contributed by atoms with Gasteiger partial charge in [0.2, 0.25) is 0 Å². The number of halogens is 2. The summed E-state index contributed by atoms with van der Waals surface area (Å²) in [7, 11) is 1.44. The molecule has 0 radical (unpaired) electrons. The summed E-state index contributed by atoms with van der Waals surface area (Å²) in [4.78, 5) is 11.7. The SMILES string of the molecule is COc1ccc([N+](=O)[O-])cc1CN1CC(F)(F)C1. The van der Waals surface area contributed by atoms with Gasteiger partial charge in [-0.15, -0.1) is 0 Å². The minimum Gasteiger partial charge on any atom is -0.496 e. The fourth-order valence-electron chi connectivity index (χ4n) is 1.96. The molecule has 18 heavy (non-hydrogen) atoms. The molecule has 0 atom stereocenters. The number of benzene rings is 1. The molecule has 0 aromatic heterocycles. The molecule has 1 saturated heterocycles. The normalized spacial score (nSPS) is 18.2. The second-order valence-corrected chi connectivity index (χ2v) is 4.25. The molecule has 0 aliphatic carbocycles. The average Bonchev–Trinajstić information content (AvgIpc) is 2.26. The third kappa shape index (κ3) is 2.56. The number of likely N-dealkylation sites (tertiary alicyclic amines) is 1. The standard InChI is InChI=1S/C11H12F2N2O3/c1-18-10-3-2-9(15(16)17)4-8(10)5-14-6-11(12,13)7-14/h2-4H,5-7H2,1H3. The number of nitro benzene ring substituents is 1. The van der Waals surface area contributed by atoms with Crippen LogP contribution in [0.1, 0.15) is 5.56 Å². The van der Waals surface area contributed by atoms with Gasteiger partial charge in [-0.2, -0.15) is 0 Å². The quantitative estimate of drug-likeness (QED) is 0.612. The van der Waals surface area contributed by atoms with Crippen LogP contribution in [0.4, 0.5) is 14.5 Å². The summed E-state index contributed by atoms with van der Waals surface area (Å²) in [5.74, 6) is -2.18. The van der Waals surface area contributed by atoms with Gasteiger partial charge < -0.3 is 4.74 Å². The molecular weight excluding hydrogens is 246 g/mol. The Hall–Kier alpha value is -1.76. The maximum atomic E-state index is 12.7. The van der Waals surface area contributed by atoms with E-state index in [0.29, 0.717) is 11.3 Å². The molecule has 1 aliphatic rings. The van der Waals surface area contributed by atoms with E-state index in [1.807, 2.05) is 0 Å². The van der Waals surface area contributed by atoms with Gasteiger partial charge in [0.25, 0.3) is 11.6 Å². The lowest BCUT2D eigenvalue weighted by Crippen LogP contribution is -2.55. The lowest BCUT2D eigenvalue weighted by atomic mass is 10.1. The van der Waals surface area contributed by atoms with E-state index in [1.165, 1.54) is 30.2 Å². The summed E-state index contributed by atoms with van der Waals surface area (Å²) in [5.41, 5.74) is 0.472. The third-order valence-corrected chi connectivity index (χ3v) is 2.78. The molecule has 1 fully saturated rings. The fourth-order valence-corrected chi connectivity index (χ4v) is 1.96. The Morgan fingerprint density at radius 3 is 2.67 bits per heavy atom. The molecule has 1 heterocycles. The topological polar surface area (TPSA) is 55.6 Å². The van der Waals surface area contributed by atoms with Gasteiger partial charge in [0, 0.05) is 24.2 Å². The van der Waals surface area contributed by atoms with Gasteiger partial charge in [-0.3, -0.25) is 15.0 Å². The monoisotopic (exact) mass is 258 g/mol. The number of nitrogens with zero attached hydrogens (tertiary/aromatic N) is 2. The van der Waals surface area contributed by atoms with Gasteiger partial charge in [0.1, 0.15) is 5.75 Å². The molecule has 0 unspecified atom stereocenters. The van der Waals surface area contributed by atoms with Crippen LogP contribution in [0.3, 0.4) is 0 Å². The first-order valence-corrected chi connectivity index (χ1v) is 5.33. The summed E-state index contributed by atoms with van der Waals surface area (Å²) < 4.78 is 30.5. The highest BCUT2D eigenvalue weighted by atomic mass is 19.3. The number of nitro groups is 1. The molecule has 2 rings (SSSR count). The van der Waals surface area contributed by atoms with Crippen LogP contribution in [0.25, 0.3) is 0 Å². The van der Waals surface area contributed by atoms with Crippen molar-refractivity contribution in [3.05, 3.63) is 33.9 Å². The van der Waals surface area contributed by atoms with Crippen molar-refractivity contribution in [1.29, 1.82) is 0 Å². The van der Waals surface area contributed by atoms with Crippen LogP contribution >= 0.6 is 0 Å². The molecule has 1 aromatic rings. The predicted octanol–water partition coefficient (Wildman–Crippen LogP) is 2.05. The number of non-ortho nitro benzene ring substituents is 1. The predicted molar refractivity (Wildman–Crippen MR) is 59.9 cm³/mol. The lowest BCUT2D eigenvalue weighted by Gasteiger charge is -2.38. The zero-order valence-electron chi connectivity index (χ0n) is 9.73. The van der Waals surface area contributed by atoms with Crippen LogP contribution in [-0.2, 0) is 6.54 Å². The van der Waals surface area contributed by atoms with Gasteiger partial charge in [0.15, 0.2) is 0 Å². The van der Waals surface area contributed by atoms with E-state index in [-0.39, 0.29) is 25.3 Å². The maximum absolute atomic E-state index is 12.7. The van der Waals surface area contributed by atoms with E-state index in [1.54, 1.807) is 0 Å². The molecule has 0 N–H and O–H groups in total. The van der Waals surface area contributed by atoms with Crippen molar-refractivity contribution in [1.82, 2.24) is 4.90 Å². The number of hydrogen-bond acceptors (Lipinski definition) is 4. The first-order chi connectivity index (χ1) is 8.41. The Balaban J connectivity index is 2.15. The van der Waals surface area contributed by atoms with Crippen LogP contribution in [0.15, 0.2) is 18.2 Å². The Bertz CT molecular complexity index is 471. The van der Waals surface area contributed by atoms with Crippen molar-refractivity contribution in [3.8, 4) is 5.75 Å². The minimum atomic E-state index is -2.64. The average molecular weight is 258 g/mol.